The first kappa shape index (κ1) is 6.10. The van der Waals surface area contributed by atoms with Gasteiger partial charge in [-0.25, -0.2) is 0 Å². The molecule has 0 amide bonds. The third-order valence-electron chi connectivity index (χ3n) is 1.52. The summed E-state index contributed by atoms with van der Waals surface area (Å²) in [4.78, 5) is 0. The maximum absolute atomic E-state index is 3.29. The minimum absolute atomic E-state index is 0.930. The number of allylic oxidation sites excluding steroid dienone is 3. The van der Waals surface area contributed by atoms with Crippen LogP contribution in [-0.4, -0.2) is 6.54 Å². The van der Waals surface area contributed by atoms with Crippen molar-refractivity contribution in [2.45, 2.75) is 6.42 Å². The molecule has 1 radical (unpaired) electrons. The van der Waals surface area contributed by atoms with Crippen LogP contribution in [0.3, 0.4) is 0 Å². The second-order valence-electron chi connectivity index (χ2n) is 2.23. The van der Waals surface area contributed by atoms with Crippen molar-refractivity contribution in [3.05, 3.63) is 34.2 Å². The topological polar surface area (TPSA) is 12.0 Å². The van der Waals surface area contributed by atoms with E-state index in [0.29, 0.717) is 0 Å². The Morgan fingerprint density at radius 3 is 3.50 bits per heavy atom. The van der Waals surface area contributed by atoms with Gasteiger partial charge < -0.3 is 5.32 Å². The molecule has 2 rings (SSSR count). The number of hydrogen-bond donors (Lipinski definition) is 1. The summed E-state index contributed by atoms with van der Waals surface area (Å²) < 4.78 is 0. The van der Waals surface area contributed by atoms with Crippen LogP contribution >= 0.6 is 11.8 Å². The normalized spacial score (nSPS) is 22.4. The fourth-order valence-corrected chi connectivity index (χ4v) is 1.82. The van der Waals surface area contributed by atoms with Gasteiger partial charge in [-0.3, -0.25) is 0 Å². The minimum Gasteiger partial charge on any atom is -0.376 e. The molecule has 10 heavy (non-hydrogen) atoms. The molecule has 0 saturated heterocycles. The van der Waals surface area contributed by atoms with E-state index in [2.05, 4.69) is 22.9 Å². The van der Waals surface area contributed by atoms with Crippen LogP contribution in [0.5, 0.6) is 0 Å². The van der Waals surface area contributed by atoms with E-state index in [1.54, 1.807) is 11.8 Å². The van der Waals surface area contributed by atoms with E-state index >= 15 is 0 Å². The fourth-order valence-electron chi connectivity index (χ4n) is 1.04. The molecule has 0 atom stereocenters. The van der Waals surface area contributed by atoms with E-state index in [0.717, 1.165) is 13.0 Å². The predicted molar refractivity (Wildman–Crippen MR) is 44.2 cm³/mol. The highest BCUT2D eigenvalue weighted by Gasteiger charge is 2.08. The van der Waals surface area contributed by atoms with Crippen molar-refractivity contribution in [3.8, 4) is 0 Å². The summed E-state index contributed by atoms with van der Waals surface area (Å²) >= 11 is 1.75. The zero-order valence-corrected chi connectivity index (χ0v) is 6.37. The van der Waals surface area contributed by atoms with Crippen LogP contribution in [0.1, 0.15) is 6.42 Å². The van der Waals surface area contributed by atoms with Gasteiger partial charge in [0.1, 0.15) is 0 Å². The van der Waals surface area contributed by atoms with Crippen molar-refractivity contribution in [1.29, 1.82) is 0 Å². The summed E-state index contributed by atoms with van der Waals surface area (Å²) in [5.74, 6) is 0. The zero-order chi connectivity index (χ0) is 6.81. The van der Waals surface area contributed by atoms with Crippen molar-refractivity contribution >= 4 is 11.8 Å². The lowest BCUT2D eigenvalue weighted by molar-refractivity contribution is 0.916. The van der Waals surface area contributed by atoms with Crippen LogP contribution in [0.4, 0.5) is 0 Å². The lowest BCUT2D eigenvalue weighted by Gasteiger charge is -2.17. The van der Waals surface area contributed by atoms with E-state index in [-0.39, 0.29) is 0 Å². The van der Waals surface area contributed by atoms with Crippen LogP contribution in [0.2, 0.25) is 0 Å². The smallest absolute Gasteiger partial charge is 0.0768 e. The Bertz CT molecular complexity index is 225. The lowest BCUT2D eigenvalue weighted by Crippen LogP contribution is -2.16. The molecule has 2 aliphatic rings. The van der Waals surface area contributed by atoms with Gasteiger partial charge in [0.05, 0.1) is 5.03 Å². The number of hydrogen-bond acceptors (Lipinski definition) is 2. The van der Waals surface area contributed by atoms with Gasteiger partial charge in [0.2, 0.25) is 0 Å². The molecule has 0 spiro atoms. The first-order valence-corrected chi connectivity index (χ1v) is 4.22. The Balaban J connectivity index is 2.25. The molecule has 0 saturated carbocycles. The van der Waals surface area contributed by atoms with E-state index in [1.165, 1.54) is 10.6 Å². The molecule has 0 aromatic rings. The standard InChI is InChI=1S/C8H8NS/c1-3-7-4-2-6-10-8(7)9-5-1/h1-2,6,9H,4-5H2. The molecule has 2 heterocycles. The largest absolute Gasteiger partial charge is 0.376 e. The molecular formula is C8H8NS. The maximum atomic E-state index is 3.29. The van der Waals surface area contributed by atoms with Gasteiger partial charge in [-0.1, -0.05) is 23.9 Å². The molecule has 2 heteroatoms. The Labute approximate surface area is 64.9 Å². The van der Waals surface area contributed by atoms with Gasteiger partial charge in [-0.05, 0) is 23.5 Å². The van der Waals surface area contributed by atoms with Crippen LogP contribution in [0.15, 0.2) is 28.2 Å². The van der Waals surface area contributed by atoms with Crippen molar-refractivity contribution < 1.29 is 0 Å². The van der Waals surface area contributed by atoms with Crippen molar-refractivity contribution in [2.75, 3.05) is 6.54 Å². The van der Waals surface area contributed by atoms with Crippen molar-refractivity contribution in [3.63, 3.8) is 0 Å². The van der Waals surface area contributed by atoms with Crippen LogP contribution < -0.4 is 5.32 Å². The van der Waals surface area contributed by atoms with E-state index in [1.807, 2.05) is 6.08 Å². The molecule has 2 aliphatic heterocycles. The predicted octanol–water partition coefficient (Wildman–Crippen LogP) is 1.81. The zero-order valence-electron chi connectivity index (χ0n) is 5.55. The molecule has 51 valence electrons. The van der Waals surface area contributed by atoms with Gasteiger partial charge in [0.25, 0.3) is 0 Å². The van der Waals surface area contributed by atoms with Crippen LogP contribution in [-0.2, 0) is 0 Å². The number of thioether (sulfide) groups is 1. The Hall–Kier alpha value is -0.630. The summed E-state index contributed by atoms with van der Waals surface area (Å²) in [7, 11) is 0. The van der Waals surface area contributed by atoms with Crippen molar-refractivity contribution in [2.24, 2.45) is 0 Å². The Morgan fingerprint density at radius 1 is 1.60 bits per heavy atom. The van der Waals surface area contributed by atoms with Gasteiger partial charge >= 0.3 is 0 Å². The highest BCUT2D eigenvalue weighted by atomic mass is 32.2. The highest BCUT2D eigenvalue weighted by molar-refractivity contribution is 8.05. The molecule has 1 N–H and O–H groups in total. The summed E-state index contributed by atoms with van der Waals surface area (Å²) in [5.41, 5.74) is 1.30. The minimum atomic E-state index is 0.930. The quantitative estimate of drug-likeness (QED) is 0.565. The molecule has 0 unspecified atom stereocenters. The Kier molecular flexibility index (Phi) is 1.55. The summed E-state index contributed by atoms with van der Waals surface area (Å²) in [6.07, 6.45) is 8.48. The van der Waals surface area contributed by atoms with Gasteiger partial charge in [0.15, 0.2) is 0 Å². The molecule has 0 aromatic heterocycles. The van der Waals surface area contributed by atoms with E-state index in [4.69, 9.17) is 0 Å². The molecule has 0 aliphatic carbocycles. The van der Waals surface area contributed by atoms with Gasteiger partial charge in [0, 0.05) is 6.54 Å². The highest BCUT2D eigenvalue weighted by Crippen LogP contribution is 2.27. The monoisotopic (exact) mass is 150 g/mol. The van der Waals surface area contributed by atoms with Crippen molar-refractivity contribution in [1.82, 2.24) is 5.32 Å². The van der Waals surface area contributed by atoms with E-state index in [9.17, 15) is 0 Å². The average molecular weight is 150 g/mol. The van der Waals surface area contributed by atoms with E-state index < -0.39 is 0 Å². The first-order valence-electron chi connectivity index (χ1n) is 3.34. The number of nitrogens with one attached hydrogen (secondary N) is 1. The Morgan fingerprint density at radius 2 is 2.60 bits per heavy atom. The summed E-state index contributed by atoms with van der Waals surface area (Å²) in [5, 5.41) is 6.70. The van der Waals surface area contributed by atoms with Gasteiger partial charge in [-0.15, -0.1) is 0 Å². The summed E-state index contributed by atoms with van der Waals surface area (Å²) in [6.45, 7) is 0.930. The molecule has 1 nitrogen and oxygen atoms in total. The average Bonchev–Trinajstić information content (AvgIpc) is 2.05. The van der Waals surface area contributed by atoms with Crippen LogP contribution in [0, 0.1) is 6.08 Å². The van der Waals surface area contributed by atoms with Crippen LogP contribution in [0.25, 0.3) is 0 Å². The molecular weight excluding hydrogens is 142 g/mol. The van der Waals surface area contributed by atoms with Gasteiger partial charge in [-0.2, -0.15) is 0 Å². The fraction of sp³-hybridized carbons (Fsp3) is 0.250. The second kappa shape index (κ2) is 2.54. The maximum Gasteiger partial charge on any atom is 0.0768 e. The first-order chi connectivity index (χ1) is 4.97. The number of rotatable bonds is 0. The number of dihydropyridines is 1. The molecule has 0 fully saturated rings. The third kappa shape index (κ3) is 0.991. The SMILES string of the molecule is [C]1=CCNC2=C1CC=CS2. The second-order valence-corrected chi connectivity index (χ2v) is 3.15. The molecule has 0 bridgehead atoms. The molecule has 0 aromatic carbocycles. The lowest BCUT2D eigenvalue weighted by atomic mass is 10.1. The third-order valence-corrected chi connectivity index (χ3v) is 2.47. The summed E-state index contributed by atoms with van der Waals surface area (Å²) in [6, 6.07) is 0.